The first-order valence-electron chi connectivity index (χ1n) is 7.17. The molecule has 112 valence electrons. The number of hydrogen-bond acceptors (Lipinski definition) is 1. The van der Waals surface area contributed by atoms with Gasteiger partial charge in [-0.3, -0.25) is 0 Å². The summed E-state index contributed by atoms with van der Waals surface area (Å²) in [6, 6.07) is 11.5. The molecular weight excluding hydrogens is 268 g/mol. The lowest BCUT2D eigenvalue weighted by Crippen LogP contribution is -2.14. The number of nitrogens with zero attached hydrogens (tertiary/aromatic N) is 1. The van der Waals surface area contributed by atoms with Crippen LogP contribution in [-0.2, 0) is 0 Å². The summed E-state index contributed by atoms with van der Waals surface area (Å²) in [5.74, 6) is -0.618. The smallest absolute Gasteiger partial charge is 0.133 e. The van der Waals surface area contributed by atoms with Gasteiger partial charge in [-0.1, -0.05) is 31.2 Å². The lowest BCUT2D eigenvalue weighted by atomic mass is 9.95. The Morgan fingerprint density at radius 3 is 2.24 bits per heavy atom. The average molecular weight is 289 g/mol. The van der Waals surface area contributed by atoms with Crippen LogP contribution in [0, 0.1) is 11.6 Å². The van der Waals surface area contributed by atoms with Gasteiger partial charge in [-0.05, 0) is 56.2 Å². The summed E-state index contributed by atoms with van der Waals surface area (Å²) in [6.45, 7) is 3.23. The van der Waals surface area contributed by atoms with Gasteiger partial charge < -0.3 is 4.90 Å². The van der Waals surface area contributed by atoms with Gasteiger partial charge in [-0.2, -0.15) is 0 Å². The van der Waals surface area contributed by atoms with Crippen molar-refractivity contribution in [3.05, 3.63) is 59.7 Å². The summed E-state index contributed by atoms with van der Waals surface area (Å²) in [5, 5.41) is 0. The minimum atomic E-state index is -0.551. The van der Waals surface area contributed by atoms with Crippen LogP contribution in [0.2, 0.25) is 0 Å². The van der Waals surface area contributed by atoms with E-state index in [0.29, 0.717) is 11.5 Å². The highest BCUT2D eigenvalue weighted by Crippen LogP contribution is 2.26. The maximum absolute atomic E-state index is 13.8. The van der Waals surface area contributed by atoms with Crippen molar-refractivity contribution in [2.45, 2.75) is 19.3 Å². The Bertz CT molecular complexity index is 591. The Morgan fingerprint density at radius 1 is 1.00 bits per heavy atom. The molecule has 0 N–H and O–H groups in total. The van der Waals surface area contributed by atoms with E-state index in [1.807, 2.05) is 24.3 Å². The first-order chi connectivity index (χ1) is 9.97. The molecule has 0 aliphatic carbocycles. The highest BCUT2D eigenvalue weighted by atomic mass is 19.1. The van der Waals surface area contributed by atoms with Crippen molar-refractivity contribution in [3.8, 4) is 11.1 Å². The molecule has 0 spiro atoms. The molecule has 0 heterocycles. The first-order valence-corrected chi connectivity index (χ1v) is 7.17. The van der Waals surface area contributed by atoms with Gasteiger partial charge >= 0.3 is 0 Å². The largest absolute Gasteiger partial charge is 0.309 e. The SMILES string of the molecule is CC(CCN(C)C)c1ccc(-c2ccc(F)cc2F)cc1. The first kappa shape index (κ1) is 15.6. The molecule has 0 fully saturated rings. The molecule has 0 aliphatic rings. The molecule has 2 aromatic carbocycles. The molecule has 0 aliphatic heterocycles. The predicted molar refractivity (Wildman–Crippen MR) is 83.4 cm³/mol. The molecule has 0 bridgehead atoms. The van der Waals surface area contributed by atoms with Crippen LogP contribution in [0.15, 0.2) is 42.5 Å². The molecular formula is C18H21F2N. The van der Waals surface area contributed by atoms with E-state index in [9.17, 15) is 8.78 Å². The molecule has 0 amide bonds. The molecule has 1 unspecified atom stereocenters. The zero-order valence-corrected chi connectivity index (χ0v) is 12.7. The van der Waals surface area contributed by atoms with Crippen molar-refractivity contribution in [2.24, 2.45) is 0 Å². The van der Waals surface area contributed by atoms with E-state index in [1.165, 1.54) is 17.7 Å². The quantitative estimate of drug-likeness (QED) is 0.772. The lowest BCUT2D eigenvalue weighted by Gasteiger charge is -2.16. The van der Waals surface area contributed by atoms with Crippen LogP contribution >= 0.6 is 0 Å². The van der Waals surface area contributed by atoms with Crippen molar-refractivity contribution >= 4 is 0 Å². The van der Waals surface area contributed by atoms with Crippen molar-refractivity contribution in [2.75, 3.05) is 20.6 Å². The van der Waals surface area contributed by atoms with Crippen LogP contribution in [0.3, 0.4) is 0 Å². The maximum atomic E-state index is 13.8. The van der Waals surface area contributed by atoms with Gasteiger partial charge in [0.15, 0.2) is 0 Å². The second-order valence-electron chi connectivity index (χ2n) is 5.74. The molecule has 1 nitrogen and oxygen atoms in total. The molecule has 0 saturated carbocycles. The molecule has 0 aromatic heterocycles. The fraction of sp³-hybridized carbons (Fsp3) is 0.333. The minimum Gasteiger partial charge on any atom is -0.309 e. The van der Waals surface area contributed by atoms with Crippen LogP contribution in [-0.4, -0.2) is 25.5 Å². The van der Waals surface area contributed by atoms with Gasteiger partial charge in [0.05, 0.1) is 0 Å². The number of halogens is 2. The van der Waals surface area contributed by atoms with Crippen molar-refractivity contribution in [1.82, 2.24) is 4.90 Å². The standard InChI is InChI=1S/C18H21F2N/c1-13(10-11-21(2)3)14-4-6-15(7-5-14)17-9-8-16(19)12-18(17)20/h4-9,12-13H,10-11H2,1-3H3. The zero-order chi connectivity index (χ0) is 15.4. The van der Waals surface area contributed by atoms with Gasteiger partial charge in [0.2, 0.25) is 0 Å². The van der Waals surface area contributed by atoms with Crippen LogP contribution in [0.1, 0.15) is 24.8 Å². The van der Waals surface area contributed by atoms with Gasteiger partial charge in [0, 0.05) is 11.6 Å². The maximum Gasteiger partial charge on any atom is 0.133 e. The average Bonchev–Trinajstić information content (AvgIpc) is 2.45. The molecule has 21 heavy (non-hydrogen) atoms. The molecule has 2 rings (SSSR count). The van der Waals surface area contributed by atoms with E-state index in [2.05, 4.69) is 25.9 Å². The summed E-state index contributed by atoms with van der Waals surface area (Å²) in [5.41, 5.74) is 2.45. The van der Waals surface area contributed by atoms with Crippen LogP contribution < -0.4 is 0 Å². The van der Waals surface area contributed by atoms with Gasteiger partial charge in [-0.25, -0.2) is 8.78 Å². The Kier molecular flexibility index (Phi) is 5.07. The van der Waals surface area contributed by atoms with Gasteiger partial charge in [0.1, 0.15) is 11.6 Å². The van der Waals surface area contributed by atoms with Gasteiger partial charge in [-0.15, -0.1) is 0 Å². The second kappa shape index (κ2) is 6.81. The zero-order valence-electron chi connectivity index (χ0n) is 12.7. The molecule has 0 saturated heterocycles. The highest BCUT2D eigenvalue weighted by Gasteiger charge is 2.09. The fourth-order valence-corrected chi connectivity index (χ4v) is 2.33. The Balaban J connectivity index is 2.15. The van der Waals surface area contributed by atoms with E-state index in [1.54, 1.807) is 0 Å². The van der Waals surface area contributed by atoms with E-state index in [-0.39, 0.29) is 0 Å². The summed E-state index contributed by atoms with van der Waals surface area (Å²) in [7, 11) is 4.13. The molecule has 3 heteroatoms. The predicted octanol–water partition coefficient (Wildman–Crippen LogP) is 4.69. The van der Waals surface area contributed by atoms with Crippen LogP contribution in [0.5, 0.6) is 0 Å². The van der Waals surface area contributed by atoms with Crippen LogP contribution in [0.25, 0.3) is 11.1 Å². The summed E-state index contributed by atoms with van der Waals surface area (Å²) in [6.07, 6.45) is 1.08. The third-order valence-electron chi connectivity index (χ3n) is 3.73. The third-order valence-corrected chi connectivity index (χ3v) is 3.73. The van der Waals surface area contributed by atoms with E-state index < -0.39 is 11.6 Å². The summed E-state index contributed by atoms with van der Waals surface area (Å²) in [4.78, 5) is 2.17. The fourth-order valence-electron chi connectivity index (χ4n) is 2.33. The highest BCUT2D eigenvalue weighted by molar-refractivity contribution is 5.64. The molecule has 0 radical (unpaired) electrons. The second-order valence-corrected chi connectivity index (χ2v) is 5.74. The van der Waals surface area contributed by atoms with Crippen LogP contribution in [0.4, 0.5) is 8.78 Å². The summed E-state index contributed by atoms with van der Waals surface area (Å²) >= 11 is 0. The topological polar surface area (TPSA) is 3.24 Å². The van der Waals surface area contributed by atoms with Crippen molar-refractivity contribution in [3.63, 3.8) is 0 Å². The third kappa shape index (κ3) is 4.11. The monoisotopic (exact) mass is 289 g/mol. The van der Waals surface area contributed by atoms with Crippen molar-refractivity contribution in [1.29, 1.82) is 0 Å². The number of rotatable bonds is 5. The Hall–Kier alpha value is -1.74. The van der Waals surface area contributed by atoms with Gasteiger partial charge in [0.25, 0.3) is 0 Å². The Morgan fingerprint density at radius 2 is 1.67 bits per heavy atom. The van der Waals surface area contributed by atoms with E-state index >= 15 is 0 Å². The number of benzene rings is 2. The summed E-state index contributed by atoms with van der Waals surface area (Å²) < 4.78 is 26.7. The van der Waals surface area contributed by atoms with Crippen molar-refractivity contribution < 1.29 is 8.78 Å². The lowest BCUT2D eigenvalue weighted by molar-refractivity contribution is 0.386. The molecule has 1 atom stereocenters. The minimum absolute atomic E-state index is 0.434. The van der Waals surface area contributed by atoms with E-state index in [0.717, 1.165) is 24.6 Å². The Labute approximate surface area is 125 Å². The molecule has 2 aromatic rings. The van der Waals surface area contributed by atoms with E-state index in [4.69, 9.17) is 0 Å². The number of hydrogen-bond donors (Lipinski definition) is 0. The normalized spacial score (nSPS) is 12.7.